The minimum absolute atomic E-state index is 0.0894. The highest BCUT2D eigenvalue weighted by atomic mass is 35.5. The Morgan fingerprint density at radius 2 is 2.05 bits per heavy atom. The fourth-order valence-corrected chi connectivity index (χ4v) is 2.80. The molecule has 1 saturated heterocycles. The Labute approximate surface area is 128 Å². The van der Waals surface area contributed by atoms with Crippen LogP contribution in [0.1, 0.15) is 24.8 Å². The number of hydrogen-bond acceptors (Lipinski definition) is 3. The molecule has 1 amide bonds. The van der Waals surface area contributed by atoms with Crippen molar-refractivity contribution in [1.82, 2.24) is 5.32 Å². The molecule has 6 heteroatoms. The molecule has 1 aromatic rings. The van der Waals surface area contributed by atoms with Crippen molar-refractivity contribution < 1.29 is 19.4 Å². The molecule has 0 aliphatic carbocycles. The van der Waals surface area contributed by atoms with Crippen molar-refractivity contribution in [3.63, 3.8) is 0 Å². The molecule has 0 bridgehead atoms. The van der Waals surface area contributed by atoms with Crippen LogP contribution in [0.5, 0.6) is 0 Å². The van der Waals surface area contributed by atoms with Crippen LogP contribution in [0.4, 0.5) is 0 Å². The van der Waals surface area contributed by atoms with Crippen LogP contribution in [0.15, 0.2) is 24.3 Å². The Morgan fingerprint density at radius 3 is 2.67 bits per heavy atom. The maximum Gasteiger partial charge on any atom is 0.305 e. The molecule has 5 nitrogen and oxygen atoms in total. The lowest BCUT2D eigenvalue weighted by molar-refractivity contribution is -0.137. The van der Waals surface area contributed by atoms with Crippen molar-refractivity contribution in [1.29, 1.82) is 0 Å². The van der Waals surface area contributed by atoms with Crippen LogP contribution < -0.4 is 5.32 Å². The van der Waals surface area contributed by atoms with Crippen molar-refractivity contribution in [3.8, 4) is 0 Å². The maximum atomic E-state index is 12.6. The Hall–Kier alpha value is -1.59. The summed E-state index contributed by atoms with van der Waals surface area (Å²) in [6.07, 6.45) is 1.03. The minimum Gasteiger partial charge on any atom is -0.481 e. The average Bonchev–Trinajstić information content (AvgIpc) is 2.47. The summed E-state index contributed by atoms with van der Waals surface area (Å²) in [6.45, 7) is 1.12. The number of amides is 1. The van der Waals surface area contributed by atoms with Crippen LogP contribution in [0.2, 0.25) is 5.02 Å². The van der Waals surface area contributed by atoms with Gasteiger partial charge in [0.15, 0.2) is 0 Å². The number of benzene rings is 1. The first kappa shape index (κ1) is 15.8. The van der Waals surface area contributed by atoms with Crippen molar-refractivity contribution >= 4 is 23.5 Å². The van der Waals surface area contributed by atoms with Gasteiger partial charge in [-0.3, -0.25) is 9.59 Å². The second-order valence-corrected chi connectivity index (χ2v) is 5.54. The molecular formula is C15H18ClNO4. The van der Waals surface area contributed by atoms with Gasteiger partial charge in [0, 0.05) is 24.8 Å². The van der Waals surface area contributed by atoms with E-state index in [1.807, 2.05) is 12.1 Å². The van der Waals surface area contributed by atoms with E-state index in [0.717, 1.165) is 5.56 Å². The van der Waals surface area contributed by atoms with Gasteiger partial charge in [0.05, 0.1) is 11.8 Å². The molecule has 21 heavy (non-hydrogen) atoms. The van der Waals surface area contributed by atoms with E-state index in [2.05, 4.69) is 5.32 Å². The molecule has 1 aliphatic rings. The quantitative estimate of drug-likeness (QED) is 0.872. The van der Waals surface area contributed by atoms with Gasteiger partial charge in [-0.2, -0.15) is 0 Å². The molecule has 1 aliphatic heterocycles. The average molecular weight is 312 g/mol. The van der Waals surface area contributed by atoms with Crippen LogP contribution in [0.3, 0.4) is 0 Å². The molecule has 0 saturated carbocycles. The first-order valence-corrected chi connectivity index (χ1v) is 7.26. The number of ether oxygens (including phenoxy) is 1. The number of carbonyl (C=O) groups is 2. The van der Waals surface area contributed by atoms with E-state index in [0.29, 0.717) is 31.1 Å². The number of rotatable bonds is 5. The second kappa shape index (κ2) is 6.91. The van der Waals surface area contributed by atoms with Crippen molar-refractivity contribution in [2.75, 3.05) is 19.8 Å². The lowest BCUT2D eigenvalue weighted by atomic mass is 9.73. The van der Waals surface area contributed by atoms with E-state index in [4.69, 9.17) is 21.4 Å². The molecule has 0 spiro atoms. The molecule has 1 fully saturated rings. The number of carboxylic acids is 1. The Morgan fingerprint density at radius 1 is 1.33 bits per heavy atom. The number of nitrogens with one attached hydrogen (secondary N) is 1. The zero-order valence-corrected chi connectivity index (χ0v) is 12.4. The topological polar surface area (TPSA) is 75.6 Å². The summed E-state index contributed by atoms with van der Waals surface area (Å²) in [4.78, 5) is 23.2. The summed E-state index contributed by atoms with van der Waals surface area (Å²) < 4.78 is 5.36. The summed E-state index contributed by atoms with van der Waals surface area (Å²) in [7, 11) is 0. The van der Waals surface area contributed by atoms with E-state index >= 15 is 0 Å². The molecule has 1 aromatic carbocycles. The number of aliphatic carboxylic acids is 1. The highest BCUT2D eigenvalue weighted by Gasteiger charge is 2.41. The highest BCUT2D eigenvalue weighted by molar-refractivity contribution is 6.30. The predicted molar refractivity (Wildman–Crippen MR) is 78.4 cm³/mol. The van der Waals surface area contributed by atoms with Gasteiger partial charge in [-0.1, -0.05) is 23.7 Å². The van der Waals surface area contributed by atoms with Gasteiger partial charge in [-0.15, -0.1) is 0 Å². The molecule has 1 heterocycles. The smallest absolute Gasteiger partial charge is 0.305 e. The zero-order chi connectivity index (χ0) is 15.3. The fourth-order valence-electron chi connectivity index (χ4n) is 2.60. The monoisotopic (exact) mass is 311 g/mol. The van der Waals surface area contributed by atoms with Crippen LogP contribution >= 0.6 is 11.6 Å². The molecule has 114 valence electrons. The number of carbonyl (C=O) groups excluding carboxylic acids is 1. The van der Waals surface area contributed by atoms with E-state index in [1.165, 1.54) is 0 Å². The molecule has 0 atom stereocenters. The van der Waals surface area contributed by atoms with Crippen molar-refractivity contribution in [2.24, 2.45) is 0 Å². The van der Waals surface area contributed by atoms with Gasteiger partial charge in [-0.25, -0.2) is 0 Å². The molecule has 2 N–H and O–H groups in total. The molecule has 0 radical (unpaired) electrons. The largest absolute Gasteiger partial charge is 0.481 e. The molecule has 0 unspecified atom stereocenters. The molecule has 2 rings (SSSR count). The van der Waals surface area contributed by atoms with Gasteiger partial charge in [-0.05, 0) is 30.5 Å². The van der Waals surface area contributed by atoms with Gasteiger partial charge < -0.3 is 15.2 Å². The van der Waals surface area contributed by atoms with Gasteiger partial charge >= 0.3 is 5.97 Å². The van der Waals surface area contributed by atoms with Gasteiger partial charge in [0.2, 0.25) is 5.91 Å². The third kappa shape index (κ3) is 3.74. The summed E-state index contributed by atoms with van der Waals surface area (Å²) in [5, 5.41) is 12.0. The van der Waals surface area contributed by atoms with Crippen molar-refractivity contribution in [3.05, 3.63) is 34.9 Å². The molecule has 0 aromatic heterocycles. The first-order valence-electron chi connectivity index (χ1n) is 6.88. The summed E-state index contributed by atoms with van der Waals surface area (Å²) in [6, 6.07) is 7.26. The van der Waals surface area contributed by atoms with E-state index in [9.17, 15) is 9.59 Å². The van der Waals surface area contributed by atoms with Crippen LogP contribution in [-0.2, 0) is 19.7 Å². The van der Waals surface area contributed by atoms with E-state index in [1.54, 1.807) is 12.1 Å². The molecular weight excluding hydrogens is 294 g/mol. The summed E-state index contributed by atoms with van der Waals surface area (Å²) >= 11 is 6.04. The normalized spacial score (nSPS) is 17.2. The Balaban J connectivity index is 2.20. The maximum absolute atomic E-state index is 12.6. The van der Waals surface area contributed by atoms with Crippen molar-refractivity contribution in [2.45, 2.75) is 24.7 Å². The van der Waals surface area contributed by atoms with Crippen LogP contribution in [0, 0.1) is 0 Å². The predicted octanol–water partition coefficient (Wildman–Crippen LogP) is 1.98. The number of carboxylic acid groups (broad SMARTS) is 1. The Kier molecular flexibility index (Phi) is 5.20. The van der Waals surface area contributed by atoms with Crippen LogP contribution in [-0.4, -0.2) is 36.7 Å². The lowest BCUT2D eigenvalue weighted by Gasteiger charge is -2.36. The Bertz CT molecular complexity index is 526. The fraction of sp³-hybridized carbons (Fsp3) is 0.467. The SMILES string of the molecule is O=C(O)CCNC(=O)C1(c2cccc(Cl)c2)CCOCC1. The van der Waals surface area contributed by atoms with Gasteiger partial charge in [0.25, 0.3) is 0 Å². The number of hydrogen-bond donors (Lipinski definition) is 2. The lowest BCUT2D eigenvalue weighted by Crippen LogP contribution is -2.48. The third-order valence-corrected chi connectivity index (χ3v) is 4.02. The number of halogens is 1. The second-order valence-electron chi connectivity index (χ2n) is 5.10. The zero-order valence-electron chi connectivity index (χ0n) is 11.6. The minimum atomic E-state index is -0.931. The van der Waals surface area contributed by atoms with E-state index in [-0.39, 0.29) is 18.9 Å². The van der Waals surface area contributed by atoms with E-state index < -0.39 is 11.4 Å². The summed E-state index contributed by atoms with van der Waals surface area (Å²) in [5.74, 6) is -1.09. The summed E-state index contributed by atoms with van der Waals surface area (Å²) in [5.41, 5.74) is 0.160. The standard InChI is InChI=1S/C15H18ClNO4/c16-12-3-1-2-11(10-12)15(5-8-21-9-6-15)14(20)17-7-4-13(18)19/h1-3,10H,4-9H2,(H,17,20)(H,18,19). The highest BCUT2D eigenvalue weighted by Crippen LogP contribution is 2.36. The third-order valence-electron chi connectivity index (χ3n) is 3.78. The van der Waals surface area contributed by atoms with Gasteiger partial charge in [0.1, 0.15) is 0 Å². The first-order chi connectivity index (χ1) is 10.0. The van der Waals surface area contributed by atoms with Crippen LogP contribution in [0.25, 0.3) is 0 Å².